The zero-order valence-electron chi connectivity index (χ0n) is 10.3. The Morgan fingerprint density at radius 2 is 2.00 bits per heavy atom. The third-order valence-electron chi connectivity index (χ3n) is 2.27. The standard InChI is InChI=1S/C11H8ClN7S/c1-7-2-3-14-10(15-7)20-11-17-8(12)16-9(18-11)19-5-4-13-6-19/h2-6H,1H3. The number of hydrogen-bond donors (Lipinski definition) is 0. The molecule has 3 aromatic rings. The summed E-state index contributed by atoms with van der Waals surface area (Å²) in [4.78, 5) is 24.8. The Balaban J connectivity index is 1.94. The van der Waals surface area contributed by atoms with E-state index in [-0.39, 0.29) is 5.28 Å². The molecule has 0 saturated carbocycles. The van der Waals surface area contributed by atoms with Crippen molar-refractivity contribution in [3.8, 4) is 5.95 Å². The second kappa shape index (κ2) is 5.51. The topological polar surface area (TPSA) is 82.3 Å². The summed E-state index contributed by atoms with van der Waals surface area (Å²) in [5.74, 6) is 0.401. The maximum Gasteiger partial charge on any atom is 0.240 e. The molecule has 7 nitrogen and oxygen atoms in total. The molecule has 0 atom stereocenters. The number of imidazole rings is 1. The van der Waals surface area contributed by atoms with E-state index in [4.69, 9.17) is 11.6 Å². The molecule has 0 radical (unpaired) electrons. The van der Waals surface area contributed by atoms with E-state index in [2.05, 4.69) is 29.9 Å². The van der Waals surface area contributed by atoms with Gasteiger partial charge in [0.05, 0.1) is 0 Å². The first-order valence-electron chi connectivity index (χ1n) is 5.58. The molecule has 0 aromatic carbocycles. The van der Waals surface area contributed by atoms with Crippen LogP contribution in [0.5, 0.6) is 0 Å². The van der Waals surface area contributed by atoms with Gasteiger partial charge >= 0.3 is 0 Å². The average molecular weight is 306 g/mol. The summed E-state index contributed by atoms with van der Waals surface area (Å²) in [6.45, 7) is 1.89. The van der Waals surface area contributed by atoms with Crippen LogP contribution in [0.3, 0.4) is 0 Å². The third-order valence-corrected chi connectivity index (χ3v) is 3.18. The molecule has 9 heteroatoms. The van der Waals surface area contributed by atoms with E-state index >= 15 is 0 Å². The lowest BCUT2D eigenvalue weighted by Gasteiger charge is -2.03. The van der Waals surface area contributed by atoms with Crippen LogP contribution in [-0.4, -0.2) is 34.5 Å². The Bertz CT molecular complexity index is 731. The second-order valence-corrected chi connectivity index (χ2v) is 5.01. The van der Waals surface area contributed by atoms with E-state index in [1.54, 1.807) is 29.5 Å². The molecule has 3 aromatic heterocycles. The van der Waals surface area contributed by atoms with Crippen LogP contribution in [0, 0.1) is 6.92 Å². The zero-order valence-corrected chi connectivity index (χ0v) is 11.9. The van der Waals surface area contributed by atoms with Crippen LogP contribution < -0.4 is 0 Å². The third kappa shape index (κ3) is 2.91. The van der Waals surface area contributed by atoms with Crippen LogP contribution in [0.15, 0.2) is 41.3 Å². The summed E-state index contributed by atoms with van der Waals surface area (Å²) in [5, 5.41) is 1.10. The monoisotopic (exact) mass is 305 g/mol. The number of nitrogens with zero attached hydrogens (tertiary/aromatic N) is 7. The average Bonchev–Trinajstić information content (AvgIpc) is 2.91. The Morgan fingerprint density at radius 3 is 2.75 bits per heavy atom. The molecule has 3 heterocycles. The summed E-state index contributed by atoms with van der Waals surface area (Å²) in [6, 6.07) is 1.82. The Morgan fingerprint density at radius 1 is 1.10 bits per heavy atom. The van der Waals surface area contributed by atoms with Gasteiger partial charge < -0.3 is 0 Å². The van der Waals surface area contributed by atoms with Crippen molar-refractivity contribution in [3.63, 3.8) is 0 Å². The molecule has 20 heavy (non-hydrogen) atoms. The number of aryl methyl sites for hydroxylation is 1. The highest BCUT2D eigenvalue weighted by Gasteiger charge is 2.09. The summed E-state index contributed by atoms with van der Waals surface area (Å²) >= 11 is 7.14. The number of hydrogen-bond acceptors (Lipinski definition) is 7. The van der Waals surface area contributed by atoms with Gasteiger partial charge in [-0.2, -0.15) is 15.0 Å². The lowest BCUT2D eigenvalue weighted by molar-refractivity contribution is 0.818. The van der Waals surface area contributed by atoms with Gasteiger partial charge in [-0.15, -0.1) is 0 Å². The molecule has 0 spiro atoms. The van der Waals surface area contributed by atoms with Crippen LogP contribution >= 0.6 is 23.4 Å². The molecule has 100 valence electrons. The highest BCUT2D eigenvalue weighted by atomic mass is 35.5. The van der Waals surface area contributed by atoms with Crippen LogP contribution in [0.2, 0.25) is 5.28 Å². The van der Waals surface area contributed by atoms with Gasteiger partial charge in [-0.25, -0.2) is 15.0 Å². The minimum atomic E-state index is 0.110. The normalized spacial score (nSPS) is 10.7. The van der Waals surface area contributed by atoms with Crippen molar-refractivity contribution in [2.45, 2.75) is 17.2 Å². The molecular formula is C11H8ClN7S. The van der Waals surface area contributed by atoms with Crippen molar-refractivity contribution >= 4 is 23.4 Å². The van der Waals surface area contributed by atoms with Crippen LogP contribution in [0.4, 0.5) is 0 Å². The maximum atomic E-state index is 5.91. The van der Waals surface area contributed by atoms with Gasteiger partial charge in [-0.05, 0) is 36.4 Å². The lowest BCUT2D eigenvalue weighted by Crippen LogP contribution is -2.02. The Kier molecular flexibility index (Phi) is 3.57. The van der Waals surface area contributed by atoms with E-state index in [0.717, 1.165) is 5.69 Å². The fourth-order valence-electron chi connectivity index (χ4n) is 1.42. The van der Waals surface area contributed by atoms with E-state index in [9.17, 15) is 0 Å². The van der Waals surface area contributed by atoms with Gasteiger partial charge in [-0.3, -0.25) is 4.57 Å². The van der Waals surface area contributed by atoms with Crippen LogP contribution in [-0.2, 0) is 0 Å². The molecule has 0 fully saturated rings. The van der Waals surface area contributed by atoms with Crippen molar-refractivity contribution in [1.29, 1.82) is 0 Å². The molecule has 0 aliphatic rings. The lowest BCUT2D eigenvalue weighted by atomic mass is 10.5. The molecule has 0 bridgehead atoms. The molecule has 0 saturated heterocycles. The second-order valence-electron chi connectivity index (χ2n) is 3.74. The minimum Gasteiger partial charge on any atom is -0.274 e. The number of halogens is 1. The smallest absolute Gasteiger partial charge is 0.240 e. The minimum absolute atomic E-state index is 0.110. The van der Waals surface area contributed by atoms with Gasteiger partial charge in [0, 0.05) is 24.3 Å². The molecular weight excluding hydrogens is 298 g/mol. The fourth-order valence-corrected chi connectivity index (χ4v) is 2.35. The SMILES string of the molecule is Cc1ccnc(Sc2nc(Cl)nc(-n3ccnc3)n2)n1. The van der Waals surface area contributed by atoms with Crippen molar-refractivity contribution in [1.82, 2.24) is 34.5 Å². The fraction of sp³-hybridized carbons (Fsp3) is 0.0909. The van der Waals surface area contributed by atoms with Crippen molar-refractivity contribution in [3.05, 3.63) is 42.0 Å². The molecule has 0 aliphatic carbocycles. The summed E-state index contributed by atoms with van der Waals surface area (Å²) in [7, 11) is 0. The van der Waals surface area contributed by atoms with Crippen molar-refractivity contribution in [2.75, 3.05) is 0 Å². The van der Waals surface area contributed by atoms with Crippen molar-refractivity contribution < 1.29 is 0 Å². The molecule has 0 aliphatic heterocycles. The molecule has 0 amide bonds. The Labute approximate surface area is 123 Å². The van der Waals surface area contributed by atoms with E-state index < -0.39 is 0 Å². The first kappa shape index (κ1) is 12.9. The number of aromatic nitrogens is 7. The summed E-state index contributed by atoms with van der Waals surface area (Å²) in [6.07, 6.45) is 6.63. The van der Waals surface area contributed by atoms with Gasteiger partial charge in [0.15, 0.2) is 5.16 Å². The van der Waals surface area contributed by atoms with Crippen LogP contribution in [0.1, 0.15) is 5.69 Å². The van der Waals surface area contributed by atoms with E-state index in [1.165, 1.54) is 11.8 Å². The Hall–Kier alpha value is -2.06. The van der Waals surface area contributed by atoms with E-state index in [0.29, 0.717) is 16.3 Å². The summed E-state index contributed by atoms with van der Waals surface area (Å²) < 4.78 is 1.65. The van der Waals surface area contributed by atoms with Gasteiger partial charge in [0.2, 0.25) is 16.4 Å². The van der Waals surface area contributed by atoms with Crippen LogP contribution in [0.25, 0.3) is 5.95 Å². The highest BCUT2D eigenvalue weighted by Crippen LogP contribution is 2.22. The predicted octanol–water partition coefficient (Wildman–Crippen LogP) is 1.96. The zero-order chi connectivity index (χ0) is 13.9. The van der Waals surface area contributed by atoms with Gasteiger partial charge in [0.25, 0.3) is 0 Å². The van der Waals surface area contributed by atoms with Gasteiger partial charge in [0.1, 0.15) is 6.33 Å². The first-order valence-corrected chi connectivity index (χ1v) is 6.77. The quantitative estimate of drug-likeness (QED) is 0.684. The highest BCUT2D eigenvalue weighted by molar-refractivity contribution is 7.99. The molecule has 0 unspecified atom stereocenters. The molecule has 0 N–H and O–H groups in total. The van der Waals surface area contributed by atoms with E-state index in [1.807, 2.05) is 13.0 Å². The van der Waals surface area contributed by atoms with Crippen molar-refractivity contribution in [2.24, 2.45) is 0 Å². The first-order chi connectivity index (χ1) is 9.70. The van der Waals surface area contributed by atoms with Gasteiger partial charge in [-0.1, -0.05) is 0 Å². The largest absolute Gasteiger partial charge is 0.274 e. The predicted molar refractivity (Wildman–Crippen MR) is 72.9 cm³/mol. The summed E-state index contributed by atoms with van der Waals surface area (Å²) in [5.41, 5.74) is 0.873. The maximum absolute atomic E-state index is 5.91. The molecule has 3 rings (SSSR count). The number of rotatable bonds is 3.